The number of hydrogen-bond donors (Lipinski definition) is 0. The van der Waals surface area contributed by atoms with E-state index in [0.29, 0.717) is 17.0 Å². The van der Waals surface area contributed by atoms with Gasteiger partial charge in [-0.25, -0.2) is 9.78 Å². The lowest BCUT2D eigenvalue weighted by Gasteiger charge is -2.10. The summed E-state index contributed by atoms with van der Waals surface area (Å²) in [6.07, 6.45) is 3.59. The van der Waals surface area contributed by atoms with Gasteiger partial charge in [-0.1, -0.05) is 16.9 Å². The Morgan fingerprint density at radius 3 is 3.00 bits per heavy atom. The fourth-order valence-electron chi connectivity index (χ4n) is 1.59. The van der Waals surface area contributed by atoms with Crippen LogP contribution >= 0.6 is 11.8 Å². The molecule has 0 bridgehead atoms. The summed E-state index contributed by atoms with van der Waals surface area (Å²) in [5, 5.41) is 7.80. The number of hydrogen-bond acceptors (Lipinski definition) is 7. The van der Waals surface area contributed by atoms with Gasteiger partial charge in [0.15, 0.2) is 0 Å². The number of esters is 1. The molecule has 0 saturated carbocycles. The van der Waals surface area contributed by atoms with Crippen LogP contribution in [0, 0.1) is 0 Å². The number of imidazole rings is 1. The summed E-state index contributed by atoms with van der Waals surface area (Å²) in [6.45, 7) is 6.16. The monoisotopic (exact) mass is 296 g/mol. The summed E-state index contributed by atoms with van der Waals surface area (Å²) in [6, 6.07) is 0.339. The van der Waals surface area contributed by atoms with Gasteiger partial charge in [0.25, 0.3) is 5.22 Å². The van der Waals surface area contributed by atoms with Crippen molar-refractivity contribution in [1.29, 1.82) is 0 Å². The zero-order valence-corrected chi connectivity index (χ0v) is 12.4. The van der Waals surface area contributed by atoms with Crippen molar-refractivity contribution in [2.75, 3.05) is 6.61 Å². The van der Waals surface area contributed by atoms with E-state index in [9.17, 15) is 4.79 Å². The molecule has 0 aliphatic heterocycles. The molecule has 0 aliphatic rings. The molecule has 0 radical (unpaired) electrons. The Hall–Kier alpha value is -1.83. The maximum atomic E-state index is 11.4. The number of rotatable bonds is 6. The second-order valence-electron chi connectivity index (χ2n) is 4.27. The predicted octanol–water partition coefficient (Wildman–Crippen LogP) is 2.32. The quantitative estimate of drug-likeness (QED) is 0.597. The maximum Gasteiger partial charge on any atom is 0.396 e. The summed E-state index contributed by atoms with van der Waals surface area (Å²) in [5.74, 6) is -0.0754. The highest BCUT2D eigenvalue weighted by atomic mass is 32.2. The summed E-state index contributed by atoms with van der Waals surface area (Å²) in [7, 11) is 0. The van der Waals surface area contributed by atoms with Crippen LogP contribution in [0.4, 0.5) is 0 Å². The highest BCUT2D eigenvalue weighted by molar-refractivity contribution is 7.98. The summed E-state index contributed by atoms with van der Waals surface area (Å²) in [5.41, 5.74) is 1.06. The average Bonchev–Trinajstić information content (AvgIpc) is 3.05. The number of nitrogens with zero attached hydrogens (tertiary/aromatic N) is 4. The van der Waals surface area contributed by atoms with Crippen LogP contribution < -0.4 is 0 Å². The Morgan fingerprint density at radius 2 is 2.30 bits per heavy atom. The van der Waals surface area contributed by atoms with Crippen molar-refractivity contribution in [3.63, 3.8) is 0 Å². The third-order valence-electron chi connectivity index (χ3n) is 2.50. The van der Waals surface area contributed by atoms with Crippen molar-refractivity contribution in [2.45, 2.75) is 37.8 Å². The van der Waals surface area contributed by atoms with E-state index in [1.165, 1.54) is 11.8 Å². The molecule has 0 saturated heterocycles. The van der Waals surface area contributed by atoms with E-state index >= 15 is 0 Å². The van der Waals surface area contributed by atoms with Crippen molar-refractivity contribution in [3.05, 3.63) is 24.1 Å². The number of carbonyl (C=O) groups excluding carboxylic acids is 1. The van der Waals surface area contributed by atoms with Crippen LogP contribution in [0.3, 0.4) is 0 Å². The van der Waals surface area contributed by atoms with Crippen molar-refractivity contribution >= 4 is 17.7 Å². The van der Waals surface area contributed by atoms with Crippen LogP contribution in [-0.2, 0) is 10.5 Å². The second-order valence-corrected chi connectivity index (χ2v) is 5.19. The molecule has 0 aromatic carbocycles. The Labute approximate surface area is 120 Å². The number of thioether (sulfide) groups is 1. The molecule has 8 heteroatoms. The molecule has 0 aliphatic carbocycles. The lowest BCUT2D eigenvalue weighted by atomic mass is 10.4. The number of ether oxygens (including phenoxy) is 1. The first-order valence-corrected chi connectivity index (χ1v) is 7.24. The highest BCUT2D eigenvalue weighted by Crippen LogP contribution is 2.22. The zero-order chi connectivity index (χ0) is 14.5. The Balaban J connectivity index is 1.97. The topological polar surface area (TPSA) is 83.0 Å². The van der Waals surface area contributed by atoms with Crippen LogP contribution in [0.15, 0.2) is 22.2 Å². The molecule has 108 valence electrons. The van der Waals surface area contributed by atoms with Gasteiger partial charge in [0, 0.05) is 23.7 Å². The van der Waals surface area contributed by atoms with E-state index < -0.39 is 5.97 Å². The van der Waals surface area contributed by atoms with Gasteiger partial charge in [-0.15, -0.1) is 5.10 Å². The van der Waals surface area contributed by atoms with Gasteiger partial charge in [-0.2, -0.15) is 0 Å². The Morgan fingerprint density at radius 1 is 1.50 bits per heavy atom. The standard InChI is InChI=1S/C12H16N4O3S/c1-4-18-11(17)10-14-15-12(19-10)20-6-9-5-13-7-16(9)8(2)3/h5,7-8H,4,6H2,1-3H3. The van der Waals surface area contributed by atoms with Crippen LogP contribution in [-0.4, -0.2) is 32.3 Å². The van der Waals surface area contributed by atoms with E-state index in [-0.39, 0.29) is 12.5 Å². The molecule has 2 rings (SSSR count). The molecular formula is C12H16N4O3S. The van der Waals surface area contributed by atoms with E-state index in [2.05, 4.69) is 33.6 Å². The first kappa shape index (κ1) is 14.6. The fraction of sp³-hybridized carbons (Fsp3) is 0.500. The molecule has 2 aromatic rings. The smallest absolute Gasteiger partial charge is 0.396 e. The van der Waals surface area contributed by atoms with E-state index in [0.717, 1.165) is 5.69 Å². The molecule has 20 heavy (non-hydrogen) atoms. The molecule has 0 fully saturated rings. The lowest BCUT2D eigenvalue weighted by Crippen LogP contribution is -2.04. The molecule has 2 heterocycles. The molecule has 2 aromatic heterocycles. The van der Waals surface area contributed by atoms with Crippen LogP contribution in [0.1, 0.15) is 43.2 Å². The zero-order valence-electron chi connectivity index (χ0n) is 11.6. The minimum absolute atomic E-state index is 0.119. The first-order valence-electron chi connectivity index (χ1n) is 6.26. The van der Waals surface area contributed by atoms with E-state index in [4.69, 9.17) is 9.15 Å². The number of aromatic nitrogens is 4. The summed E-state index contributed by atoms with van der Waals surface area (Å²) < 4.78 is 12.1. The van der Waals surface area contributed by atoms with Crippen molar-refractivity contribution in [1.82, 2.24) is 19.7 Å². The van der Waals surface area contributed by atoms with Crippen molar-refractivity contribution in [3.8, 4) is 0 Å². The van der Waals surface area contributed by atoms with Gasteiger partial charge in [-0.05, 0) is 20.8 Å². The number of carbonyl (C=O) groups is 1. The first-order chi connectivity index (χ1) is 9.61. The molecule has 0 unspecified atom stereocenters. The Bertz CT molecular complexity index is 579. The second kappa shape index (κ2) is 6.56. The van der Waals surface area contributed by atoms with Gasteiger partial charge >= 0.3 is 11.9 Å². The molecule has 0 spiro atoms. The van der Waals surface area contributed by atoms with Crippen LogP contribution in [0.2, 0.25) is 0 Å². The van der Waals surface area contributed by atoms with E-state index in [1.54, 1.807) is 19.4 Å². The van der Waals surface area contributed by atoms with Gasteiger partial charge in [-0.3, -0.25) is 0 Å². The van der Waals surface area contributed by atoms with Gasteiger partial charge in [0.1, 0.15) is 0 Å². The molecule has 0 amide bonds. The minimum Gasteiger partial charge on any atom is -0.459 e. The maximum absolute atomic E-state index is 11.4. The third-order valence-corrected chi connectivity index (χ3v) is 3.35. The molecule has 0 N–H and O–H groups in total. The Kier molecular flexibility index (Phi) is 4.78. The van der Waals surface area contributed by atoms with Gasteiger partial charge in [0.05, 0.1) is 12.9 Å². The lowest BCUT2D eigenvalue weighted by molar-refractivity contribution is 0.0475. The van der Waals surface area contributed by atoms with Crippen LogP contribution in [0.5, 0.6) is 0 Å². The van der Waals surface area contributed by atoms with E-state index in [1.807, 2.05) is 0 Å². The summed E-state index contributed by atoms with van der Waals surface area (Å²) in [4.78, 5) is 15.5. The largest absolute Gasteiger partial charge is 0.459 e. The molecular weight excluding hydrogens is 280 g/mol. The van der Waals surface area contributed by atoms with Gasteiger partial charge in [0.2, 0.25) is 0 Å². The van der Waals surface area contributed by atoms with Crippen molar-refractivity contribution < 1.29 is 13.9 Å². The van der Waals surface area contributed by atoms with Crippen LogP contribution in [0.25, 0.3) is 0 Å². The molecule has 7 nitrogen and oxygen atoms in total. The molecule has 0 atom stereocenters. The normalized spacial score (nSPS) is 11.0. The third kappa shape index (κ3) is 3.38. The SMILES string of the molecule is CCOC(=O)c1nnc(SCc2cncn2C(C)C)o1. The predicted molar refractivity (Wildman–Crippen MR) is 72.4 cm³/mol. The van der Waals surface area contributed by atoms with Crippen molar-refractivity contribution in [2.24, 2.45) is 0 Å². The van der Waals surface area contributed by atoms with Gasteiger partial charge < -0.3 is 13.7 Å². The average molecular weight is 296 g/mol. The fourth-order valence-corrected chi connectivity index (χ4v) is 2.32. The summed E-state index contributed by atoms with van der Waals surface area (Å²) >= 11 is 1.36. The minimum atomic E-state index is -0.598. The highest BCUT2D eigenvalue weighted by Gasteiger charge is 2.16.